The maximum atomic E-state index is 12.9. The highest BCUT2D eigenvalue weighted by atomic mass is 16.6. The van der Waals surface area contributed by atoms with Crippen molar-refractivity contribution in [1.82, 2.24) is 0 Å². The van der Waals surface area contributed by atoms with E-state index in [9.17, 15) is 14.4 Å². The van der Waals surface area contributed by atoms with Crippen LogP contribution < -0.4 is 0 Å². The topological polar surface area (TPSA) is 78.9 Å². The van der Waals surface area contributed by atoms with E-state index in [0.29, 0.717) is 19.3 Å². The normalized spacial score (nSPS) is 12.3. The molecule has 1 unspecified atom stereocenters. The van der Waals surface area contributed by atoms with Gasteiger partial charge in [0.1, 0.15) is 13.2 Å². The zero-order valence-electron chi connectivity index (χ0n) is 50.1. The molecule has 0 rings (SSSR count). The van der Waals surface area contributed by atoms with Crippen LogP contribution in [0.15, 0.2) is 0 Å². The second kappa shape index (κ2) is 61.3. The lowest BCUT2D eigenvalue weighted by Gasteiger charge is -2.18. The molecule has 0 aromatic carbocycles. The van der Waals surface area contributed by atoms with Crippen LogP contribution in [-0.4, -0.2) is 37.2 Å². The second-order valence-corrected chi connectivity index (χ2v) is 23.4. The van der Waals surface area contributed by atoms with E-state index in [2.05, 4.69) is 27.7 Å². The fourth-order valence-corrected chi connectivity index (χ4v) is 10.5. The largest absolute Gasteiger partial charge is 0.462 e. The van der Waals surface area contributed by atoms with Crippen LogP contribution in [-0.2, 0) is 28.6 Å². The van der Waals surface area contributed by atoms with E-state index >= 15 is 0 Å². The van der Waals surface area contributed by atoms with Gasteiger partial charge in [-0.05, 0) is 25.2 Å². The summed E-state index contributed by atoms with van der Waals surface area (Å²) in [4.78, 5) is 38.4. The highest BCUT2D eigenvalue weighted by molar-refractivity contribution is 5.71. The summed E-state index contributed by atoms with van der Waals surface area (Å²) in [5, 5.41) is 0. The van der Waals surface area contributed by atoms with Crippen LogP contribution in [0.5, 0.6) is 0 Å². The van der Waals surface area contributed by atoms with Gasteiger partial charge in [0.15, 0.2) is 6.10 Å². The molecule has 0 bridgehead atoms. The third-order valence-corrected chi connectivity index (χ3v) is 15.9. The molecule has 73 heavy (non-hydrogen) atoms. The zero-order chi connectivity index (χ0) is 53.0. The van der Waals surface area contributed by atoms with Crippen molar-refractivity contribution in [3.05, 3.63) is 0 Å². The number of rotatable bonds is 62. The first-order chi connectivity index (χ1) is 35.9. The highest BCUT2D eigenvalue weighted by Gasteiger charge is 2.19. The third kappa shape index (κ3) is 59.5. The lowest BCUT2D eigenvalue weighted by atomic mass is 9.99. The standard InChI is InChI=1S/C67H130O6/c1-5-8-10-12-14-16-18-20-22-23-27-31-35-39-43-47-51-55-59-66(69)72-62-64(61-71-65(68)58-54-50-46-42-38-34-29-21-19-17-15-13-11-9-6-2)73-67(70)60-56-52-48-44-40-36-32-28-25-24-26-30-33-37-41-45-49-53-57-63(4)7-3/h63-64H,5-62H2,1-4H3/t63?,64-/m0/s1. The maximum Gasteiger partial charge on any atom is 0.306 e. The molecule has 0 radical (unpaired) electrons. The van der Waals surface area contributed by atoms with E-state index in [-0.39, 0.29) is 31.1 Å². The fraction of sp³-hybridized carbons (Fsp3) is 0.955. The quantitative estimate of drug-likeness (QED) is 0.0343. The zero-order valence-corrected chi connectivity index (χ0v) is 50.1. The molecule has 0 saturated carbocycles. The number of ether oxygens (including phenoxy) is 3. The van der Waals surface area contributed by atoms with E-state index in [1.807, 2.05) is 0 Å². The number of unbranched alkanes of at least 4 members (excludes halogenated alkanes) is 48. The molecule has 0 saturated heterocycles. The summed E-state index contributed by atoms with van der Waals surface area (Å²) in [5.74, 6) is 0.0852. The Labute approximate surface area is 457 Å². The molecule has 434 valence electrons. The minimum absolute atomic E-state index is 0.0608. The molecule has 2 atom stereocenters. The summed E-state index contributed by atoms with van der Waals surface area (Å²) in [6.07, 6.45) is 69.6. The summed E-state index contributed by atoms with van der Waals surface area (Å²) in [7, 11) is 0. The molecule has 0 heterocycles. The fourth-order valence-electron chi connectivity index (χ4n) is 10.5. The van der Waals surface area contributed by atoms with Crippen molar-refractivity contribution in [3.63, 3.8) is 0 Å². The second-order valence-electron chi connectivity index (χ2n) is 23.4. The van der Waals surface area contributed by atoms with E-state index in [0.717, 1.165) is 63.7 Å². The van der Waals surface area contributed by atoms with Crippen molar-refractivity contribution >= 4 is 17.9 Å². The number of carbonyl (C=O) groups is 3. The summed E-state index contributed by atoms with van der Waals surface area (Å²) in [5.41, 5.74) is 0. The Morgan fingerprint density at radius 2 is 0.479 bits per heavy atom. The van der Waals surface area contributed by atoms with Gasteiger partial charge in [-0.3, -0.25) is 14.4 Å². The third-order valence-electron chi connectivity index (χ3n) is 15.9. The smallest absolute Gasteiger partial charge is 0.306 e. The van der Waals surface area contributed by atoms with Crippen molar-refractivity contribution in [3.8, 4) is 0 Å². The van der Waals surface area contributed by atoms with Crippen LogP contribution in [0.3, 0.4) is 0 Å². The van der Waals surface area contributed by atoms with E-state index < -0.39 is 6.10 Å². The van der Waals surface area contributed by atoms with Gasteiger partial charge in [-0.15, -0.1) is 0 Å². The molecule has 0 amide bonds. The van der Waals surface area contributed by atoms with Crippen LogP contribution in [0.2, 0.25) is 0 Å². The monoisotopic (exact) mass is 1030 g/mol. The Morgan fingerprint density at radius 1 is 0.274 bits per heavy atom. The molecule has 0 aliphatic heterocycles. The molecule has 0 aromatic rings. The molecule has 0 fully saturated rings. The van der Waals surface area contributed by atoms with Crippen molar-refractivity contribution < 1.29 is 28.6 Å². The SMILES string of the molecule is CCCCCCCCCCCCCCCCCCCCC(=O)OC[C@H](COC(=O)CCCCCCCCCCCCCCCCC)OC(=O)CCCCCCCCCCCCCCCCCCCCC(C)CC. The van der Waals surface area contributed by atoms with Crippen molar-refractivity contribution in [2.24, 2.45) is 5.92 Å². The van der Waals surface area contributed by atoms with E-state index in [4.69, 9.17) is 14.2 Å². The first-order valence-electron chi connectivity index (χ1n) is 33.4. The van der Waals surface area contributed by atoms with Crippen molar-refractivity contribution in [2.75, 3.05) is 13.2 Å². The van der Waals surface area contributed by atoms with Gasteiger partial charge in [0.05, 0.1) is 0 Å². The van der Waals surface area contributed by atoms with Crippen LogP contribution in [0.4, 0.5) is 0 Å². The Hall–Kier alpha value is -1.59. The molecule has 6 heteroatoms. The lowest BCUT2D eigenvalue weighted by molar-refractivity contribution is -0.167. The average Bonchev–Trinajstić information content (AvgIpc) is 3.39. The van der Waals surface area contributed by atoms with E-state index in [1.165, 1.54) is 283 Å². The highest BCUT2D eigenvalue weighted by Crippen LogP contribution is 2.19. The summed E-state index contributed by atoms with van der Waals surface area (Å²) >= 11 is 0. The summed E-state index contributed by atoms with van der Waals surface area (Å²) < 4.78 is 17.0. The van der Waals surface area contributed by atoms with Gasteiger partial charge in [0, 0.05) is 19.3 Å². The molecule has 0 spiro atoms. The van der Waals surface area contributed by atoms with Gasteiger partial charge in [0.2, 0.25) is 0 Å². The van der Waals surface area contributed by atoms with Gasteiger partial charge < -0.3 is 14.2 Å². The molecular weight excluding hydrogens is 901 g/mol. The molecule has 0 aliphatic carbocycles. The van der Waals surface area contributed by atoms with Crippen LogP contribution in [0, 0.1) is 5.92 Å². The number of hydrogen-bond donors (Lipinski definition) is 0. The summed E-state index contributed by atoms with van der Waals surface area (Å²) in [6, 6.07) is 0. The maximum absolute atomic E-state index is 12.9. The Bertz CT molecular complexity index is 1110. The molecule has 6 nitrogen and oxygen atoms in total. The van der Waals surface area contributed by atoms with Gasteiger partial charge in [-0.2, -0.15) is 0 Å². The van der Waals surface area contributed by atoms with Crippen LogP contribution in [0.25, 0.3) is 0 Å². The molecule has 0 aliphatic rings. The summed E-state index contributed by atoms with van der Waals surface area (Å²) in [6.45, 7) is 9.14. The number of hydrogen-bond acceptors (Lipinski definition) is 6. The van der Waals surface area contributed by atoms with Crippen molar-refractivity contribution in [1.29, 1.82) is 0 Å². The minimum Gasteiger partial charge on any atom is -0.462 e. The minimum atomic E-state index is -0.763. The number of carbonyl (C=O) groups excluding carboxylic acids is 3. The predicted octanol–water partition coefficient (Wildman–Crippen LogP) is 22.5. The lowest BCUT2D eigenvalue weighted by Crippen LogP contribution is -2.30. The van der Waals surface area contributed by atoms with Gasteiger partial charge in [-0.25, -0.2) is 0 Å². The molecular formula is C67H130O6. The number of esters is 3. The van der Waals surface area contributed by atoms with Gasteiger partial charge in [0.25, 0.3) is 0 Å². The first-order valence-corrected chi connectivity index (χ1v) is 33.4. The first kappa shape index (κ1) is 71.4. The van der Waals surface area contributed by atoms with E-state index in [1.54, 1.807) is 0 Å². The average molecular weight is 1030 g/mol. The van der Waals surface area contributed by atoms with Crippen LogP contribution in [0.1, 0.15) is 387 Å². The molecule has 0 N–H and O–H groups in total. The van der Waals surface area contributed by atoms with Crippen LogP contribution >= 0.6 is 0 Å². The van der Waals surface area contributed by atoms with Gasteiger partial charge >= 0.3 is 17.9 Å². The van der Waals surface area contributed by atoms with Gasteiger partial charge in [-0.1, -0.05) is 349 Å². The Kier molecular flexibility index (Phi) is 59.9. The Balaban J connectivity index is 4.26. The van der Waals surface area contributed by atoms with Crippen molar-refractivity contribution in [2.45, 2.75) is 393 Å². The predicted molar refractivity (Wildman–Crippen MR) is 317 cm³/mol. The Morgan fingerprint density at radius 3 is 0.712 bits per heavy atom. The molecule has 0 aromatic heterocycles.